The Bertz CT molecular complexity index is 494. The fourth-order valence-corrected chi connectivity index (χ4v) is 2.40. The van der Waals surface area contributed by atoms with Crippen LogP contribution in [0.15, 0.2) is 16.5 Å². The van der Waals surface area contributed by atoms with Crippen molar-refractivity contribution >= 4 is 9.84 Å². The summed E-state index contributed by atoms with van der Waals surface area (Å²) in [5.74, 6) is 2.57. The van der Waals surface area contributed by atoms with Crippen molar-refractivity contribution in [3.05, 3.63) is 23.7 Å². The molecular weight excluding hydrogens is 276 g/mol. The molecule has 0 radical (unpaired) electrons. The first-order chi connectivity index (χ1) is 9.26. The van der Waals surface area contributed by atoms with Gasteiger partial charge in [-0.15, -0.1) is 0 Å². The number of furan rings is 1. The zero-order valence-corrected chi connectivity index (χ0v) is 13.7. The van der Waals surface area contributed by atoms with E-state index in [4.69, 9.17) is 4.42 Å². The molecule has 1 aromatic rings. The minimum atomic E-state index is -2.91. The highest BCUT2D eigenvalue weighted by molar-refractivity contribution is 7.90. The Hall–Kier alpha value is -0.850. The lowest BCUT2D eigenvalue weighted by molar-refractivity contribution is 0.302. The molecule has 0 saturated heterocycles. The molecule has 0 aliphatic rings. The summed E-state index contributed by atoms with van der Waals surface area (Å²) >= 11 is 0. The lowest BCUT2D eigenvalue weighted by atomic mass is 10.2. The van der Waals surface area contributed by atoms with Crippen LogP contribution in [0.4, 0.5) is 0 Å². The second-order valence-electron chi connectivity index (χ2n) is 5.76. The van der Waals surface area contributed by atoms with Gasteiger partial charge in [-0.3, -0.25) is 4.90 Å². The Labute approximate surface area is 122 Å². The maximum atomic E-state index is 11.1. The third-order valence-electron chi connectivity index (χ3n) is 2.84. The number of hydrogen-bond donors (Lipinski definition) is 1. The van der Waals surface area contributed by atoms with Crippen molar-refractivity contribution in [3.8, 4) is 0 Å². The van der Waals surface area contributed by atoms with Crippen molar-refractivity contribution in [3.63, 3.8) is 0 Å². The van der Waals surface area contributed by atoms with Crippen molar-refractivity contribution in [1.29, 1.82) is 0 Å². The Morgan fingerprint density at radius 2 is 1.95 bits per heavy atom. The van der Waals surface area contributed by atoms with E-state index in [9.17, 15) is 8.42 Å². The minimum absolute atomic E-state index is 0.174. The summed E-state index contributed by atoms with van der Waals surface area (Å²) in [6.45, 7) is 7.16. The zero-order chi connectivity index (χ0) is 15.2. The van der Waals surface area contributed by atoms with Crippen LogP contribution in [0.2, 0.25) is 0 Å². The van der Waals surface area contributed by atoms with Gasteiger partial charge >= 0.3 is 0 Å². The summed E-state index contributed by atoms with van der Waals surface area (Å²) in [5.41, 5.74) is 0. The Balaban J connectivity index is 2.35. The molecule has 0 unspecified atom stereocenters. The number of nitrogens with zero attached hydrogens (tertiary/aromatic N) is 1. The molecule has 0 aliphatic carbocycles. The van der Waals surface area contributed by atoms with Crippen LogP contribution in [0.5, 0.6) is 0 Å². The summed E-state index contributed by atoms with van der Waals surface area (Å²) in [7, 11) is -1.02. The third kappa shape index (κ3) is 7.67. The van der Waals surface area contributed by atoms with Gasteiger partial charge in [0, 0.05) is 12.8 Å². The van der Waals surface area contributed by atoms with E-state index in [1.807, 2.05) is 24.1 Å². The van der Waals surface area contributed by atoms with Crippen LogP contribution in [0.1, 0.15) is 25.4 Å². The fourth-order valence-electron chi connectivity index (χ4n) is 1.75. The van der Waals surface area contributed by atoms with E-state index < -0.39 is 9.84 Å². The molecule has 5 nitrogen and oxygen atoms in total. The second kappa shape index (κ2) is 7.81. The van der Waals surface area contributed by atoms with Gasteiger partial charge < -0.3 is 9.73 Å². The average molecular weight is 302 g/mol. The number of rotatable bonds is 9. The van der Waals surface area contributed by atoms with Crippen LogP contribution >= 0.6 is 0 Å². The zero-order valence-electron chi connectivity index (χ0n) is 12.8. The van der Waals surface area contributed by atoms with Gasteiger partial charge in [0.05, 0.1) is 18.8 Å². The molecule has 0 aromatic carbocycles. The van der Waals surface area contributed by atoms with Gasteiger partial charge in [0.15, 0.2) is 0 Å². The predicted octanol–water partition coefficient (Wildman–Crippen LogP) is 1.50. The molecular formula is C14H26N2O3S. The highest BCUT2D eigenvalue weighted by Gasteiger charge is 2.08. The lowest BCUT2D eigenvalue weighted by Gasteiger charge is -2.14. The van der Waals surface area contributed by atoms with Crippen LogP contribution < -0.4 is 5.32 Å². The largest absolute Gasteiger partial charge is 0.463 e. The molecule has 0 aliphatic heterocycles. The van der Waals surface area contributed by atoms with E-state index in [1.54, 1.807) is 0 Å². The van der Waals surface area contributed by atoms with Crippen molar-refractivity contribution in [2.24, 2.45) is 5.92 Å². The summed E-state index contributed by atoms with van der Waals surface area (Å²) in [6.07, 6.45) is 1.26. The van der Waals surface area contributed by atoms with Gasteiger partial charge in [0.1, 0.15) is 21.4 Å². The second-order valence-corrected chi connectivity index (χ2v) is 8.02. The summed E-state index contributed by atoms with van der Waals surface area (Å²) in [4.78, 5) is 1.95. The van der Waals surface area contributed by atoms with Gasteiger partial charge in [-0.1, -0.05) is 13.8 Å². The Morgan fingerprint density at radius 1 is 1.30 bits per heavy atom. The fraction of sp³-hybridized carbons (Fsp3) is 0.714. The molecule has 0 atom stereocenters. The first-order valence-electron chi connectivity index (χ1n) is 6.91. The standard InChI is InChI=1S/C14H26N2O3S/c1-12(2)9-15-10-13-5-6-14(19-13)11-16(3)7-8-20(4,17)18/h5-6,12,15H,7-11H2,1-4H3. The molecule has 0 spiro atoms. The molecule has 20 heavy (non-hydrogen) atoms. The van der Waals surface area contributed by atoms with E-state index in [0.717, 1.165) is 24.6 Å². The summed E-state index contributed by atoms with van der Waals surface area (Å²) in [5, 5.41) is 3.33. The van der Waals surface area contributed by atoms with E-state index in [2.05, 4.69) is 19.2 Å². The number of hydrogen-bond acceptors (Lipinski definition) is 5. The normalized spacial score (nSPS) is 12.5. The highest BCUT2D eigenvalue weighted by Crippen LogP contribution is 2.10. The van der Waals surface area contributed by atoms with Crippen LogP contribution in [-0.4, -0.2) is 45.5 Å². The van der Waals surface area contributed by atoms with Gasteiger partial charge in [0.25, 0.3) is 0 Å². The van der Waals surface area contributed by atoms with E-state index >= 15 is 0 Å². The van der Waals surface area contributed by atoms with E-state index in [1.165, 1.54) is 6.26 Å². The monoisotopic (exact) mass is 302 g/mol. The van der Waals surface area contributed by atoms with Gasteiger partial charge in [-0.2, -0.15) is 0 Å². The lowest BCUT2D eigenvalue weighted by Crippen LogP contribution is -2.24. The summed E-state index contributed by atoms with van der Waals surface area (Å²) < 4.78 is 27.9. The average Bonchev–Trinajstić information content (AvgIpc) is 2.73. The first-order valence-corrected chi connectivity index (χ1v) is 8.97. The van der Waals surface area contributed by atoms with Gasteiger partial charge in [0.2, 0.25) is 0 Å². The molecule has 0 bridgehead atoms. The number of nitrogens with one attached hydrogen (secondary N) is 1. The van der Waals surface area contributed by atoms with Crippen LogP contribution in [-0.2, 0) is 22.9 Å². The number of sulfone groups is 1. The molecule has 1 heterocycles. The van der Waals surface area contributed by atoms with Crippen LogP contribution in [0.25, 0.3) is 0 Å². The maximum absolute atomic E-state index is 11.1. The Morgan fingerprint density at radius 3 is 2.55 bits per heavy atom. The van der Waals surface area contributed by atoms with E-state index in [0.29, 0.717) is 19.0 Å². The molecule has 0 saturated carbocycles. The van der Waals surface area contributed by atoms with Crippen molar-refractivity contribution in [2.45, 2.75) is 26.9 Å². The molecule has 1 N–H and O–H groups in total. The quantitative estimate of drug-likeness (QED) is 0.749. The van der Waals surface area contributed by atoms with Crippen LogP contribution in [0, 0.1) is 5.92 Å². The molecule has 116 valence electrons. The topological polar surface area (TPSA) is 62.6 Å². The van der Waals surface area contributed by atoms with E-state index in [-0.39, 0.29) is 5.75 Å². The minimum Gasteiger partial charge on any atom is -0.463 e. The third-order valence-corrected chi connectivity index (χ3v) is 3.76. The summed E-state index contributed by atoms with van der Waals surface area (Å²) in [6, 6.07) is 3.91. The molecule has 0 fully saturated rings. The van der Waals surface area contributed by atoms with Gasteiger partial charge in [-0.05, 0) is 31.6 Å². The maximum Gasteiger partial charge on any atom is 0.148 e. The molecule has 1 aromatic heterocycles. The highest BCUT2D eigenvalue weighted by atomic mass is 32.2. The molecule has 1 rings (SSSR count). The SMILES string of the molecule is CC(C)CNCc1ccc(CN(C)CCS(C)(=O)=O)o1. The van der Waals surface area contributed by atoms with Gasteiger partial charge in [-0.25, -0.2) is 8.42 Å². The molecule has 0 amide bonds. The molecule has 6 heteroatoms. The van der Waals surface area contributed by atoms with Crippen molar-refractivity contribution < 1.29 is 12.8 Å². The van der Waals surface area contributed by atoms with Crippen molar-refractivity contribution in [2.75, 3.05) is 32.1 Å². The Kier molecular flexibility index (Phi) is 6.71. The van der Waals surface area contributed by atoms with Crippen LogP contribution in [0.3, 0.4) is 0 Å². The predicted molar refractivity (Wildman–Crippen MR) is 81.3 cm³/mol. The first kappa shape index (κ1) is 17.2. The van der Waals surface area contributed by atoms with Crippen molar-refractivity contribution in [1.82, 2.24) is 10.2 Å². The smallest absolute Gasteiger partial charge is 0.148 e.